The summed E-state index contributed by atoms with van der Waals surface area (Å²) in [7, 11) is 2.02. The largest absolute Gasteiger partial charge is 0.369 e. The number of para-hydroxylation sites is 1. The smallest absolute Gasteiger partial charge is 0.146 e. The number of nitrogens with one attached hydrogen (secondary N) is 1. The van der Waals surface area contributed by atoms with Crippen LogP contribution in [0.25, 0.3) is 0 Å². The minimum absolute atomic E-state index is 0.108. The van der Waals surface area contributed by atoms with Crippen molar-refractivity contribution < 1.29 is 4.39 Å². The van der Waals surface area contributed by atoms with Gasteiger partial charge in [0, 0.05) is 19.6 Å². The van der Waals surface area contributed by atoms with Crippen LogP contribution in [-0.2, 0) is 6.54 Å². The van der Waals surface area contributed by atoms with Gasteiger partial charge in [-0.05, 0) is 49.8 Å². The molecule has 2 nitrogen and oxygen atoms in total. The van der Waals surface area contributed by atoms with E-state index in [4.69, 9.17) is 0 Å². The van der Waals surface area contributed by atoms with Crippen molar-refractivity contribution in [1.29, 1.82) is 0 Å². The van der Waals surface area contributed by atoms with Gasteiger partial charge in [0.15, 0.2) is 0 Å². The first-order valence-corrected chi connectivity index (χ1v) is 7.71. The molecule has 2 rings (SSSR count). The van der Waals surface area contributed by atoms with Gasteiger partial charge in [0.25, 0.3) is 0 Å². The third-order valence-electron chi connectivity index (χ3n) is 4.21. The van der Waals surface area contributed by atoms with Crippen molar-refractivity contribution in [2.45, 2.75) is 46.2 Å². The normalized spacial score (nSPS) is 16.5. The predicted molar refractivity (Wildman–Crippen MR) is 83.5 cm³/mol. The maximum absolute atomic E-state index is 14.3. The Hall–Kier alpha value is -1.09. The fourth-order valence-electron chi connectivity index (χ4n) is 2.69. The molecule has 112 valence electrons. The Morgan fingerprint density at radius 1 is 1.30 bits per heavy atom. The average molecular weight is 278 g/mol. The summed E-state index contributed by atoms with van der Waals surface area (Å²) in [6, 6.07) is 5.82. The summed E-state index contributed by atoms with van der Waals surface area (Å²) in [4.78, 5) is 2.12. The van der Waals surface area contributed by atoms with Crippen molar-refractivity contribution in [3.05, 3.63) is 29.6 Å². The molecule has 0 bridgehead atoms. The quantitative estimate of drug-likeness (QED) is 0.816. The molecule has 0 radical (unpaired) electrons. The van der Waals surface area contributed by atoms with Crippen molar-refractivity contribution in [2.24, 2.45) is 11.8 Å². The molecule has 1 N–H and O–H groups in total. The van der Waals surface area contributed by atoms with E-state index < -0.39 is 0 Å². The van der Waals surface area contributed by atoms with Crippen LogP contribution in [0.1, 0.15) is 39.2 Å². The second kappa shape index (κ2) is 6.57. The first-order valence-electron chi connectivity index (χ1n) is 7.71. The van der Waals surface area contributed by atoms with Crippen LogP contribution in [0.5, 0.6) is 0 Å². The monoisotopic (exact) mass is 278 g/mol. The van der Waals surface area contributed by atoms with Crippen LogP contribution >= 0.6 is 0 Å². The van der Waals surface area contributed by atoms with Gasteiger partial charge in [-0.2, -0.15) is 0 Å². The van der Waals surface area contributed by atoms with Gasteiger partial charge in [0.1, 0.15) is 5.82 Å². The molecule has 1 saturated carbocycles. The second-order valence-electron chi connectivity index (χ2n) is 6.46. The lowest BCUT2D eigenvalue weighted by molar-refractivity contribution is 0.543. The van der Waals surface area contributed by atoms with Crippen LogP contribution in [0, 0.1) is 17.7 Å². The maximum Gasteiger partial charge on any atom is 0.146 e. The van der Waals surface area contributed by atoms with E-state index in [0.717, 1.165) is 30.3 Å². The van der Waals surface area contributed by atoms with E-state index in [9.17, 15) is 4.39 Å². The standard InChI is InChI=1S/C17H27FN2/c1-12(2)10-19-11-15-6-5-7-16(18)17(15)20(4)13(3)14-8-9-14/h5-7,12-14,19H,8-11H2,1-4H3. The third-order valence-corrected chi connectivity index (χ3v) is 4.21. The SMILES string of the molecule is CC(C)CNCc1cccc(F)c1N(C)C(C)C1CC1. The Morgan fingerprint density at radius 2 is 2.00 bits per heavy atom. The van der Waals surface area contributed by atoms with Crippen LogP contribution < -0.4 is 10.2 Å². The van der Waals surface area contributed by atoms with E-state index in [1.54, 1.807) is 12.1 Å². The Labute approximate surface area is 122 Å². The van der Waals surface area contributed by atoms with Gasteiger partial charge in [-0.25, -0.2) is 4.39 Å². The molecule has 1 aliphatic rings. The molecule has 0 aromatic heterocycles. The molecule has 0 spiro atoms. The number of nitrogens with zero attached hydrogens (tertiary/aromatic N) is 1. The number of hydrogen-bond donors (Lipinski definition) is 1. The van der Waals surface area contributed by atoms with Gasteiger partial charge < -0.3 is 10.2 Å². The molecule has 1 fully saturated rings. The molecule has 1 aromatic rings. The highest BCUT2D eigenvalue weighted by Gasteiger charge is 2.32. The van der Waals surface area contributed by atoms with E-state index in [0.29, 0.717) is 12.0 Å². The maximum atomic E-state index is 14.3. The molecule has 1 atom stereocenters. The summed E-state index contributed by atoms with van der Waals surface area (Å²) in [5, 5.41) is 3.41. The van der Waals surface area contributed by atoms with E-state index in [2.05, 4.69) is 31.0 Å². The highest BCUT2D eigenvalue weighted by atomic mass is 19.1. The van der Waals surface area contributed by atoms with Crippen molar-refractivity contribution >= 4 is 5.69 Å². The zero-order chi connectivity index (χ0) is 14.7. The fraction of sp³-hybridized carbons (Fsp3) is 0.647. The van der Waals surface area contributed by atoms with Gasteiger partial charge in [0.2, 0.25) is 0 Å². The van der Waals surface area contributed by atoms with Crippen LogP contribution in [0.4, 0.5) is 10.1 Å². The lowest BCUT2D eigenvalue weighted by Gasteiger charge is -2.29. The Kier molecular flexibility index (Phi) is 5.03. The fourth-order valence-corrected chi connectivity index (χ4v) is 2.69. The van der Waals surface area contributed by atoms with Gasteiger partial charge in [0.05, 0.1) is 5.69 Å². The van der Waals surface area contributed by atoms with E-state index in [1.165, 1.54) is 12.8 Å². The number of anilines is 1. The number of halogens is 1. The molecule has 0 amide bonds. The summed E-state index contributed by atoms with van der Waals surface area (Å²) in [6.45, 7) is 8.25. The van der Waals surface area contributed by atoms with Crippen LogP contribution in [0.2, 0.25) is 0 Å². The number of rotatable bonds is 7. The summed E-state index contributed by atoms with van der Waals surface area (Å²) < 4.78 is 14.3. The molecule has 0 heterocycles. The lowest BCUT2D eigenvalue weighted by atomic mass is 10.1. The lowest BCUT2D eigenvalue weighted by Crippen LogP contribution is -2.33. The van der Waals surface area contributed by atoms with Gasteiger partial charge in [-0.15, -0.1) is 0 Å². The summed E-state index contributed by atoms with van der Waals surface area (Å²) >= 11 is 0. The van der Waals surface area contributed by atoms with Crippen molar-refractivity contribution in [3.63, 3.8) is 0 Å². The van der Waals surface area contributed by atoms with Crippen LogP contribution in [-0.4, -0.2) is 19.6 Å². The van der Waals surface area contributed by atoms with E-state index in [-0.39, 0.29) is 5.82 Å². The molecule has 1 unspecified atom stereocenters. The van der Waals surface area contributed by atoms with Crippen LogP contribution in [0.15, 0.2) is 18.2 Å². The topological polar surface area (TPSA) is 15.3 Å². The van der Waals surface area contributed by atoms with Crippen molar-refractivity contribution in [1.82, 2.24) is 5.32 Å². The average Bonchev–Trinajstić information content (AvgIpc) is 3.21. The first kappa shape index (κ1) is 15.3. The minimum atomic E-state index is -0.108. The van der Waals surface area contributed by atoms with Gasteiger partial charge in [-0.3, -0.25) is 0 Å². The Balaban J connectivity index is 2.12. The Morgan fingerprint density at radius 3 is 2.60 bits per heavy atom. The number of hydrogen-bond acceptors (Lipinski definition) is 2. The number of benzene rings is 1. The van der Waals surface area contributed by atoms with Gasteiger partial charge >= 0.3 is 0 Å². The summed E-state index contributed by atoms with van der Waals surface area (Å²) in [5.74, 6) is 1.23. The highest BCUT2D eigenvalue weighted by Crippen LogP contribution is 2.37. The second-order valence-corrected chi connectivity index (χ2v) is 6.46. The highest BCUT2D eigenvalue weighted by molar-refractivity contribution is 5.55. The molecule has 0 saturated heterocycles. The molecule has 20 heavy (non-hydrogen) atoms. The molecule has 3 heteroatoms. The molecular formula is C17H27FN2. The molecular weight excluding hydrogens is 251 g/mol. The first-order chi connectivity index (χ1) is 9.50. The van der Waals surface area contributed by atoms with Gasteiger partial charge in [-0.1, -0.05) is 26.0 Å². The third kappa shape index (κ3) is 3.72. The molecule has 0 aliphatic heterocycles. The summed E-state index contributed by atoms with van der Waals surface area (Å²) in [5.41, 5.74) is 1.82. The van der Waals surface area contributed by atoms with Crippen molar-refractivity contribution in [3.8, 4) is 0 Å². The van der Waals surface area contributed by atoms with Crippen LogP contribution in [0.3, 0.4) is 0 Å². The predicted octanol–water partition coefficient (Wildman–Crippen LogP) is 3.81. The minimum Gasteiger partial charge on any atom is -0.369 e. The van der Waals surface area contributed by atoms with E-state index >= 15 is 0 Å². The zero-order valence-corrected chi connectivity index (χ0v) is 13.1. The Bertz CT molecular complexity index is 441. The van der Waals surface area contributed by atoms with Crippen molar-refractivity contribution in [2.75, 3.05) is 18.5 Å². The molecule has 1 aliphatic carbocycles. The van der Waals surface area contributed by atoms with E-state index in [1.807, 2.05) is 13.1 Å². The summed E-state index contributed by atoms with van der Waals surface area (Å²) in [6.07, 6.45) is 2.56. The molecule has 1 aromatic carbocycles. The zero-order valence-electron chi connectivity index (χ0n) is 13.1.